The second-order valence-electron chi connectivity index (χ2n) is 4.08. The quantitative estimate of drug-likeness (QED) is 0.893. The first-order valence-corrected chi connectivity index (χ1v) is 5.51. The van der Waals surface area contributed by atoms with Crippen LogP contribution >= 0.6 is 0 Å². The van der Waals surface area contributed by atoms with E-state index in [9.17, 15) is 14.0 Å². The van der Waals surface area contributed by atoms with Gasteiger partial charge in [-0.15, -0.1) is 0 Å². The lowest BCUT2D eigenvalue weighted by molar-refractivity contribution is 0.0693. The van der Waals surface area contributed by atoms with Gasteiger partial charge in [-0.1, -0.05) is 0 Å². The Morgan fingerprint density at radius 3 is 2.37 bits per heavy atom. The summed E-state index contributed by atoms with van der Waals surface area (Å²) in [7, 11) is 0. The molecule has 1 aromatic heterocycles. The largest absolute Gasteiger partial charge is 0.477 e. The number of carboxylic acid groups (broad SMARTS) is 1. The summed E-state index contributed by atoms with van der Waals surface area (Å²) < 4.78 is 13.8. The minimum absolute atomic E-state index is 0.317. The zero-order valence-corrected chi connectivity index (χ0v) is 10.3. The number of hydrogen-bond acceptors (Lipinski definition) is 3. The van der Waals surface area contributed by atoms with Crippen molar-refractivity contribution in [1.29, 1.82) is 0 Å². The summed E-state index contributed by atoms with van der Waals surface area (Å²) in [6, 6.07) is 5.09. The van der Waals surface area contributed by atoms with Crippen LogP contribution in [0.5, 0.6) is 0 Å². The fraction of sp³-hybridized carbons (Fsp3) is 0.154. The predicted octanol–water partition coefficient (Wildman–Crippen LogP) is 1.69. The Hall–Kier alpha value is -2.50. The molecule has 0 amide bonds. The summed E-state index contributed by atoms with van der Waals surface area (Å²) in [5.41, 5.74) is 0.0215. The van der Waals surface area contributed by atoms with Gasteiger partial charge in [-0.3, -0.25) is 4.79 Å². The van der Waals surface area contributed by atoms with Gasteiger partial charge in [0.2, 0.25) is 0 Å². The van der Waals surface area contributed by atoms with Crippen molar-refractivity contribution in [3.05, 3.63) is 57.3 Å². The summed E-state index contributed by atoms with van der Waals surface area (Å²) in [5.74, 6) is -1.75. The highest BCUT2D eigenvalue weighted by Crippen LogP contribution is 2.10. The van der Waals surface area contributed by atoms with E-state index in [4.69, 9.17) is 5.11 Å². The Labute approximate surface area is 107 Å². The van der Waals surface area contributed by atoms with E-state index in [0.29, 0.717) is 16.9 Å². The maximum absolute atomic E-state index is 12.9. The van der Waals surface area contributed by atoms with Crippen LogP contribution in [0.25, 0.3) is 5.69 Å². The third kappa shape index (κ3) is 2.24. The minimum atomic E-state index is -1.30. The molecular formula is C13H11FN2O3. The fourth-order valence-electron chi connectivity index (χ4n) is 1.73. The molecule has 1 N–H and O–H groups in total. The van der Waals surface area contributed by atoms with Crippen LogP contribution in [-0.4, -0.2) is 20.9 Å². The number of benzene rings is 1. The number of aromatic nitrogens is 2. The molecule has 0 aliphatic carbocycles. The van der Waals surface area contributed by atoms with Gasteiger partial charge in [0.1, 0.15) is 11.4 Å². The Morgan fingerprint density at radius 2 is 1.84 bits per heavy atom. The maximum Gasteiger partial charge on any atom is 0.341 e. The normalized spacial score (nSPS) is 10.5. The molecule has 0 unspecified atom stereocenters. The number of nitrogens with zero attached hydrogens (tertiary/aromatic N) is 2. The molecule has 0 saturated carbocycles. The monoisotopic (exact) mass is 262 g/mol. The van der Waals surface area contributed by atoms with Crippen molar-refractivity contribution in [2.75, 3.05) is 0 Å². The number of rotatable bonds is 2. The number of aromatic carboxylic acids is 1. The van der Waals surface area contributed by atoms with Crippen molar-refractivity contribution in [1.82, 2.24) is 9.78 Å². The Kier molecular flexibility index (Phi) is 3.16. The highest BCUT2D eigenvalue weighted by molar-refractivity contribution is 5.89. The third-order valence-electron chi connectivity index (χ3n) is 2.86. The van der Waals surface area contributed by atoms with Gasteiger partial charge in [0.05, 0.1) is 11.4 Å². The van der Waals surface area contributed by atoms with Crippen LogP contribution in [0, 0.1) is 19.7 Å². The summed E-state index contributed by atoms with van der Waals surface area (Å²) in [6.45, 7) is 3.14. The second kappa shape index (κ2) is 4.64. The number of hydrogen-bond donors (Lipinski definition) is 1. The van der Waals surface area contributed by atoms with E-state index in [1.54, 1.807) is 6.92 Å². The molecule has 0 saturated heterocycles. The van der Waals surface area contributed by atoms with Gasteiger partial charge >= 0.3 is 5.97 Å². The van der Waals surface area contributed by atoms with Crippen molar-refractivity contribution < 1.29 is 14.3 Å². The summed E-state index contributed by atoms with van der Waals surface area (Å²) in [6.07, 6.45) is 0. The third-order valence-corrected chi connectivity index (χ3v) is 2.86. The second-order valence-corrected chi connectivity index (χ2v) is 4.08. The fourth-order valence-corrected chi connectivity index (χ4v) is 1.73. The van der Waals surface area contributed by atoms with Gasteiger partial charge in [-0.25, -0.2) is 9.18 Å². The van der Waals surface area contributed by atoms with Crippen LogP contribution in [0.1, 0.15) is 21.6 Å². The van der Waals surface area contributed by atoms with E-state index in [1.807, 2.05) is 0 Å². The molecular weight excluding hydrogens is 251 g/mol. The smallest absolute Gasteiger partial charge is 0.341 e. The van der Waals surface area contributed by atoms with Crippen molar-refractivity contribution in [3.8, 4) is 5.69 Å². The maximum atomic E-state index is 12.9. The first kappa shape index (κ1) is 12.9. The van der Waals surface area contributed by atoms with E-state index in [2.05, 4.69) is 5.10 Å². The first-order valence-electron chi connectivity index (χ1n) is 5.51. The van der Waals surface area contributed by atoms with Gasteiger partial charge in [0.15, 0.2) is 0 Å². The predicted molar refractivity (Wildman–Crippen MR) is 66.2 cm³/mol. The molecule has 5 nitrogen and oxygen atoms in total. The first-order chi connectivity index (χ1) is 8.91. The summed E-state index contributed by atoms with van der Waals surface area (Å²) >= 11 is 0. The number of carbonyl (C=O) groups is 1. The molecule has 0 fully saturated rings. The van der Waals surface area contributed by atoms with Crippen molar-refractivity contribution in [2.24, 2.45) is 0 Å². The minimum Gasteiger partial charge on any atom is -0.477 e. The lowest BCUT2D eigenvalue weighted by Gasteiger charge is -2.09. The van der Waals surface area contributed by atoms with E-state index in [1.165, 1.54) is 31.2 Å². The molecule has 98 valence electrons. The lowest BCUT2D eigenvalue weighted by Crippen LogP contribution is -2.29. The van der Waals surface area contributed by atoms with Crippen molar-refractivity contribution in [3.63, 3.8) is 0 Å². The average Bonchev–Trinajstić information content (AvgIpc) is 2.35. The average molecular weight is 262 g/mol. The van der Waals surface area contributed by atoms with Gasteiger partial charge in [-0.2, -0.15) is 9.78 Å². The molecule has 0 aliphatic rings. The van der Waals surface area contributed by atoms with E-state index in [0.717, 1.165) is 4.68 Å². The summed E-state index contributed by atoms with van der Waals surface area (Å²) in [5, 5.41) is 13.1. The van der Waals surface area contributed by atoms with Crippen LogP contribution < -0.4 is 5.56 Å². The number of halogens is 1. The highest BCUT2D eigenvalue weighted by atomic mass is 19.1. The van der Waals surface area contributed by atoms with Crippen molar-refractivity contribution in [2.45, 2.75) is 13.8 Å². The zero-order valence-electron chi connectivity index (χ0n) is 10.3. The van der Waals surface area contributed by atoms with E-state index < -0.39 is 17.3 Å². The van der Waals surface area contributed by atoms with Gasteiger partial charge < -0.3 is 5.11 Å². The highest BCUT2D eigenvalue weighted by Gasteiger charge is 2.18. The van der Waals surface area contributed by atoms with Crippen LogP contribution in [0.2, 0.25) is 0 Å². The van der Waals surface area contributed by atoms with Crippen LogP contribution in [-0.2, 0) is 0 Å². The molecule has 0 bridgehead atoms. The lowest BCUT2D eigenvalue weighted by atomic mass is 10.1. The van der Waals surface area contributed by atoms with Crippen LogP contribution in [0.3, 0.4) is 0 Å². The SMILES string of the molecule is Cc1nn(-c2ccc(F)cc2)c(=O)c(C(=O)O)c1C. The van der Waals surface area contributed by atoms with Crippen LogP contribution in [0.4, 0.5) is 4.39 Å². The Morgan fingerprint density at radius 1 is 1.26 bits per heavy atom. The molecule has 0 spiro atoms. The molecule has 1 heterocycles. The number of carboxylic acids is 1. The topological polar surface area (TPSA) is 72.2 Å². The van der Waals surface area contributed by atoms with Gasteiger partial charge in [0, 0.05) is 0 Å². The number of aryl methyl sites for hydroxylation is 1. The van der Waals surface area contributed by atoms with Gasteiger partial charge in [0.25, 0.3) is 5.56 Å². The molecule has 2 rings (SSSR count). The molecule has 2 aromatic rings. The molecule has 0 radical (unpaired) electrons. The molecule has 6 heteroatoms. The summed E-state index contributed by atoms with van der Waals surface area (Å²) in [4.78, 5) is 23.2. The van der Waals surface area contributed by atoms with E-state index >= 15 is 0 Å². The van der Waals surface area contributed by atoms with Crippen LogP contribution in [0.15, 0.2) is 29.1 Å². The zero-order chi connectivity index (χ0) is 14.2. The molecule has 0 atom stereocenters. The molecule has 0 aliphatic heterocycles. The van der Waals surface area contributed by atoms with Gasteiger partial charge in [-0.05, 0) is 43.7 Å². The van der Waals surface area contributed by atoms with E-state index in [-0.39, 0.29) is 5.56 Å². The Balaban J connectivity index is 2.75. The standard InChI is InChI=1S/C13H11FN2O3/c1-7-8(2)15-16(12(17)11(7)13(18)19)10-5-3-9(14)4-6-10/h3-6H,1-2H3,(H,18,19). The molecule has 1 aromatic carbocycles. The Bertz CT molecular complexity index is 705. The van der Waals surface area contributed by atoms with Crippen molar-refractivity contribution >= 4 is 5.97 Å². The molecule has 19 heavy (non-hydrogen) atoms.